The molecule has 2 saturated carbocycles. The molecule has 88 valence electrons. The molecule has 0 nitrogen and oxygen atoms in total. The molecule has 0 radical (unpaired) electrons. The van der Waals surface area contributed by atoms with E-state index in [4.69, 9.17) is 0 Å². The van der Waals surface area contributed by atoms with Gasteiger partial charge in [0.05, 0.1) is 0 Å². The molecule has 0 aromatic heterocycles. The number of hydrogen-bond acceptors (Lipinski definition) is 0. The first-order chi connectivity index (χ1) is 7.22. The van der Waals surface area contributed by atoms with Gasteiger partial charge in [0, 0.05) is 0 Å². The first kappa shape index (κ1) is 11.5. The summed E-state index contributed by atoms with van der Waals surface area (Å²) in [6.07, 6.45) is 10.7. The van der Waals surface area contributed by atoms with Crippen LogP contribution in [-0.2, 0) is 0 Å². The maximum Gasteiger partial charge on any atom is -0.0360 e. The van der Waals surface area contributed by atoms with E-state index < -0.39 is 0 Å². The molecule has 0 heteroatoms. The molecule has 0 N–H and O–H groups in total. The van der Waals surface area contributed by atoms with Crippen LogP contribution in [0.1, 0.15) is 65.7 Å². The van der Waals surface area contributed by atoms with Gasteiger partial charge in [0.15, 0.2) is 0 Å². The van der Waals surface area contributed by atoms with Gasteiger partial charge in [-0.1, -0.05) is 52.9 Å². The van der Waals surface area contributed by atoms with Crippen LogP contribution in [-0.4, -0.2) is 0 Å². The summed E-state index contributed by atoms with van der Waals surface area (Å²) >= 11 is 0. The van der Waals surface area contributed by atoms with E-state index in [9.17, 15) is 0 Å². The van der Waals surface area contributed by atoms with Crippen molar-refractivity contribution in [3.63, 3.8) is 0 Å². The molecular formula is C15H28. The van der Waals surface area contributed by atoms with Crippen molar-refractivity contribution in [1.82, 2.24) is 0 Å². The molecule has 0 saturated heterocycles. The largest absolute Gasteiger partial charge is 0.0651 e. The van der Waals surface area contributed by atoms with E-state index in [-0.39, 0.29) is 0 Å². The normalized spacial score (nSPS) is 41.6. The Hall–Kier alpha value is 0. The fourth-order valence-corrected chi connectivity index (χ4v) is 4.30. The maximum absolute atomic E-state index is 2.44. The van der Waals surface area contributed by atoms with Gasteiger partial charge in [0.25, 0.3) is 0 Å². The molecule has 0 amide bonds. The third-order valence-electron chi connectivity index (χ3n) is 5.23. The van der Waals surface area contributed by atoms with E-state index >= 15 is 0 Å². The highest BCUT2D eigenvalue weighted by atomic mass is 14.4. The van der Waals surface area contributed by atoms with E-state index in [1.165, 1.54) is 19.3 Å². The zero-order chi connectivity index (χ0) is 10.8. The Kier molecular flexibility index (Phi) is 3.74. The lowest BCUT2D eigenvalue weighted by atomic mass is 9.60. The van der Waals surface area contributed by atoms with Crippen LogP contribution in [0.4, 0.5) is 0 Å². The highest BCUT2D eigenvalue weighted by Crippen LogP contribution is 2.48. The molecule has 0 spiro atoms. The van der Waals surface area contributed by atoms with Crippen molar-refractivity contribution in [1.29, 1.82) is 0 Å². The Labute approximate surface area is 95.8 Å². The van der Waals surface area contributed by atoms with Gasteiger partial charge in [-0.3, -0.25) is 0 Å². The minimum Gasteiger partial charge on any atom is -0.0651 e. The monoisotopic (exact) mass is 208 g/mol. The minimum absolute atomic E-state index is 0.915. The molecule has 4 unspecified atom stereocenters. The van der Waals surface area contributed by atoms with Crippen molar-refractivity contribution in [3.05, 3.63) is 0 Å². The third kappa shape index (κ3) is 2.40. The van der Waals surface area contributed by atoms with Gasteiger partial charge in [0.1, 0.15) is 0 Å². The van der Waals surface area contributed by atoms with Crippen LogP contribution in [0, 0.1) is 29.6 Å². The topological polar surface area (TPSA) is 0 Å². The highest BCUT2D eigenvalue weighted by Gasteiger charge is 2.38. The Bertz CT molecular complexity index is 194. The second-order valence-electron chi connectivity index (χ2n) is 6.35. The summed E-state index contributed by atoms with van der Waals surface area (Å²) in [6, 6.07) is 0. The van der Waals surface area contributed by atoms with Crippen LogP contribution in [0.15, 0.2) is 0 Å². The van der Waals surface area contributed by atoms with Crippen molar-refractivity contribution in [2.75, 3.05) is 0 Å². The van der Waals surface area contributed by atoms with Gasteiger partial charge in [0.2, 0.25) is 0 Å². The maximum atomic E-state index is 2.44. The molecule has 0 aromatic rings. The predicted molar refractivity (Wildman–Crippen MR) is 66.8 cm³/mol. The predicted octanol–water partition coefficient (Wildman–Crippen LogP) is 4.89. The lowest BCUT2D eigenvalue weighted by Crippen LogP contribution is -2.35. The summed E-state index contributed by atoms with van der Waals surface area (Å²) in [5, 5.41) is 0. The molecule has 0 heterocycles. The SMILES string of the molecule is CCC1CC2CCCCC2CC1C(C)C. The van der Waals surface area contributed by atoms with Crippen molar-refractivity contribution in [2.45, 2.75) is 65.7 Å². The Morgan fingerprint density at radius 3 is 2.13 bits per heavy atom. The van der Waals surface area contributed by atoms with E-state index in [0.29, 0.717) is 0 Å². The molecule has 2 fully saturated rings. The molecule has 0 aliphatic heterocycles. The number of fused-ring (bicyclic) bond motifs is 1. The van der Waals surface area contributed by atoms with Crippen LogP contribution in [0.5, 0.6) is 0 Å². The van der Waals surface area contributed by atoms with Crippen LogP contribution < -0.4 is 0 Å². The molecule has 4 atom stereocenters. The van der Waals surface area contributed by atoms with Gasteiger partial charge in [-0.05, 0) is 42.4 Å². The summed E-state index contributed by atoms with van der Waals surface area (Å²) in [7, 11) is 0. The lowest BCUT2D eigenvalue weighted by Gasteiger charge is -2.45. The van der Waals surface area contributed by atoms with E-state index in [1.807, 2.05) is 0 Å². The van der Waals surface area contributed by atoms with E-state index in [1.54, 1.807) is 25.7 Å². The molecule has 2 rings (SSSR count). The second-order valence-corrected chi connectivity index (χ2v) is 6.35. The molecule has 15 heavy (non-hydrogen) atoms. The van der Waals surface area contributed by atoms with Crippen LogP contribution in [0.3, 0.4) is 0 Å². The molecule has 2 aliphatic rings. The van der Waals surface area contributed by atoms with Crippen LogP contribution in [0.2, 0.25) is 0 Å². The van der Waals surface area contributed by atoms with Gasteiger partial charge in [-0.2, -0.15) is 0 Å². The van der Waals surface area contributed by atoms with Crippen molar-refractivity contribution >= 4 is 0 Å². The number of hydrogen-bond donors (Lipinski definition) is 0. The van der Waals surface area contributed by atoms with Gasteiger partial charge in [-0.15, -0.1) is 0 Å². The standard InChI is InChI=1S/C15H28/c1-4-12-9-13-7-5-6-8-14(13)10-15(12)11(2)3/h11-15H,4-10H2,1-3H3. The zero-order valence-electron chi connectivity index (χ0n) is 10.8. The molecule has 0 aromatic carbocycles. The Morgan fingerprint density at radius 1 is 1.00 bits per heavy atom. The number of rotatable bonds is 2. The molecule has 0 bridgehead atoms. The first-order valence-corrected chi connectivity index (χ1v) is 7.22. The first-order valence-electron chi connectivity index (χ1n) is 7.22. The Balaban J connectivity index is 2.02. The lowest BCUT2D eigenvalue weighted by molar-refractivity contribution is 0.0522. The van der Waals surface area contributed by atoms with Crippen LogP contribution >= 0.6 is 0 Å². The van der Waals surface area contributed by atoms with E-state index in [0.717, 1.165) is 29.6 Å². The van der Waals surface area contributed by atoms with Gasteiger partial charge >= 0.3 is 0 Å². The second kappa shape index (κ2) is 4.89. The summed E-state index contributed by atoms with van der Waals surface area (Å²) in [5.41, 5.74) is 0. The van der Waals surface area contributed by atoms with E-state index in [2.05, 4.69) is 20.8 Å². The molecule has 2 aliphatic carbocycles. The van der Waals surface area contributed by atoms with Crippen LogP contribution in [0.25, 0.3) is 0 Å². The minimum atomic E-state index is 0.915. The quantitative estimate of drug-likeness (QED) is 0.606. The van der Waals surface area contributed by atoms with Gasteiger partial charge < -0.3 is 0 Å². The highest BCUT2D eigenvalue weighted by molar-refractivity contribution is 4.88. The summed E-state index contributed by atoms with van der Waals surface area (Å²) < 4.78 is 0. The summed E-state index contributed by atoms with van der Waals surface area (Å²) in [6.45, 7) is 7.29. The summed E-state index contributed by atoms with van der Waals surface area (Å²) in [5.74, 6) is 5.21. The van der Waals surface area contributed by atoms with Crippen molar-refractivity contribution in [3.8, 4) is 0 Å². The fourth-order valence-electron chi connectivity index (χ4n) is 4.30. The average Bonchev–Trinajstić information content (AvgIpc) is 2.27. The molecular weight excluding hydrogens is 180 g/mol. The Morgan fingerprint density at radius 2 is 1.60 bits per heavy atom. The average molecular weight is 208 g/mol. The van der Waals surface area contributed by atoms with Crippen molar-refractivity contribution in [2.24, 2.45) is 29.6 Å². The fraction of sp³-hybridized carbons (Fsp3) is 1.00. The summed E-state index contributed by atoms with van der Waals surface area (Å²) in [4.78, 5) is 0. The van der Waals surface area contributed by atoms with Gasteiger partial charge in [-0.25, -0.2) is 0 Å². The third-order valence-corrected chi connectivity index (χ3v) is 5.23. The van der Waals surface area contributed by atoms with Crippen molar-refractivity contribution < 1.29 is 0 Å². The zero-order valence-corrected chi connectivity index (χ0v) is 10.8. The smallest absolute Gasteiger partial charge is 0.0360 e.